The fourth-order valence-electron chi connectivity index (χ4n) is 1.95. The number of carboxylic acid groups (broad SMARTS) is 1. The maximum atomic E-state index is 11.9. The molecule has 0 spiro atoms. The summed E-state index contributed by atoms with van der Waals surface area (Å²) in [6, 6.07) is 6.52. The first-order valence-electron chi connectivity index (χ1n) is 6.82. The number of rotatable bonds is 6. The summed E-state index contributed by atoms with van der Waals surface area (Å²) in [5.74, 6) is -1.39. The summed E-state index contributed by atoms with van der Waals surface area (Å²) >= 11 is 1.40. The lowest BCUT2D eigenvalue weighted by Crippen LogP contribution is -2.41. The molecule has 2 aromatic rings. The Hall–Kier alpha value is -2.41. The van der Waals surface area contributed by atoms with Crippen LogP contribution in [0.3, 0.4) is 0 Å². The Morgan fingerprint density at radius 3 is 2.77 bits per heavy atom. The minimum atomic E-state index is -1.04. The van der Waals surface area contributed by atoms with Crippen molar-refractivity contribution in [3.8, 4) is 10.6 Å². The van der Waals surface area contributed by atoms with Crippen LogP contribution >= 0.6 is 11.3 Å². The van der Waals surface area contributed by atoms with E-state index in [9.17, 15) is 9.59 Å². The molecule has 0 aliphatic rings. The van der Waals surface area contributed by atoms with E-state index in [0.717, 1.165) is 10.6 Å². The molecular formula is C15H17N3O3S. The topological polar surface area (TPSA) is 105 Å². The summed E-state index contributed by atoms with van der Waals surface area (Å²) in [7, 11) is 0. The number of aliphatic carboxylic acids is 1. The Balaban J connectivity index is 2.05. The third-order valence-electron chi connectivity index (χ3n) is 3.13. The lowest BCUT2D eigenvalue weighted by Gasteiger charge is -2.11. The summed E-state index contributed by atoms with van der Waals surface area (Å²) in [5.41, 5.74) is 7.96. The smallest absolute Gasteiger partial charge is 0.326 e. The second-order valence-electron chi connectivity index (χ2n) is 4.77. The van der Waals surface area contributed by atoms with E-state index in [0.29, 0.717) is 17.8 Å². The number of aromatic nitrogens is 1. The molecule has 1 aromatic carbocycles. The zero-order valence-corrected chi connectivity index (χ0v) is 12.9. The zero-order valence-electron chi connectivity index (χ0n) is 12.1. The molecule has 1 unspecified atom stereocenters. The molecule has 7 heteroatoms. The van der Waals surface area contributed by atoms with E-state index in [1.54, 1.807) is 18.4 Å². The number of thiazole rings is 1. The van der Waals surface area contributed by atoms with Gasteiger partial charge in [0.05, 0.1) is 12.1 Å². The highest BCUT2D eigenvalue weighted by Gasteiger charge is 2.18. The molecule has 0 aliphatic heterocycles. The lowest BCUT2D eigenvalue weighted by molar-refractivity contribution is -0.141. The molecule has 22 heavy (non-hydrogen) atoms. The average molecular weight is 319 g/mol. The predicted molar refractivity (Wildman–Crippen MR) is 85.5 cm³/mol. The molecule has 0 saturated heterocycles. The van der Waals surface area contributed by atoms with Gasteiger partial charge < -0.3 is 16.2 Å². The number of carbonyl (C=O) groups excluding carboxylic acids is 1. The van der Waals surface area contributed by atoms with Gasteiger partial charge >= 0.3 is 5.97 Å². The molecule has 116 valence electrons. The van der Waals surface area contributed by atoms with Crippen molar-refractivity contribution in [3.63, 3.8) is 0 Å². The van der Waals surface area contributed by atoms with Crippen molar-refractivity contribution >= 4 is 28.9 Å². The molecule has 0 bridgehead atoms. The van der Waals surface area contributed by atoms with E-state index in [-0.39, 0.29) is 12.3 Å². The molecular weight excluding hydrogens is 302 g/mol. The normalized spacial score (nSPS) is 11.9. The van der Waals surface area contributed by atoms with Gasteiger partial charge in [0.15, 0.2) is 0 Å². The standard InChI is InChI=1S/C15H17N3O3S/c1-2-12(15(20)21)18-13(19)7-9-8-22-14(17-9)10-5-3-4-6-11(10)16/h3-6,8,12H,2,7,16H2,1H3,(H,18,19)(H,20,21). The number of amides is 1. The monoisotopic (exact) mass is 319 g/mol. The number of nitrogen functional groups attached to an aromatic ring is 1. The molecule has 0 radical (unpaired) electrons. The summed E-state index contributed by atoms with van der Waals surface area (Å²) in [6.07, 6.45) is 0.386. The number of para-hydroxylation sites is 1. The summed E-state index contributed by atoms with van der Waals surface area (Å²) < 4.78 is 0. The van der Waals surface area contributed by atoms with Gasteiger partial charge in [0.25, 0.3) is 0 Å². The molecule has 2 rings (SSSR count). The lowest BCUT2D eigenvalue weighted by atomic mass is 10.2. The number of anilines is 1. The second-order valence-corrected chi connectivity index (χ2v) is 5.63. The predicted octanol–water partition coefficient (Wildman–Crippen LogP) is 1.91. The fraction of sp³-hybridized carbons (Fsp3) is 0.267. The van der Waals surface area contributed by atoms with Crippen LogP contribution in [-0.4, -0.2) is 28.0 Å². The number of carboxylic acids is 1. The first kappa shape index (κ1) is 16.0. The molecule has 1 heterocycles. The number of hydrogen-bond donors (Lipinski definition) is 3. The molecule has 0 saturated carbocycles. The van der Waals surface area contributed by atoms with Gasteiger partial charge in [0.1, 0.15) is 11.0 Å². The molecule has 1 amide bonds. The van der Waals surface area contributed by atoms with Crippen LogP contribution in [0.1, 0.15) is 19.0 Å². The van der Waals surface area contributed by atoms with Crippen LogP contribution in [0.25, 0.3) is 10.6 Å². The van der Waals surface area contributed by atoms with Gasteiger partial charge in [-0.05, 0) is 18.6 Å². The van der Waals surface area contributed by atoms with Gasteiger partial charge in [-0.2, -0.15) is 0 Å². The number of nitrogens with two attached hydrogens (primary N) is 1. The van der Waals surface area contributed by atoms with Crippen molar-refractivity contribution < 1.29 is 14.7 Å². The van der Waals surface area contributed by atoms with Gasteiger partial charge in [0.2, 0.25) is 5.91 Å². The van der Waals surface area contributed by atoms with E-state index in [1.165, 1.54) is 11.3 Å². The van der Waals surface area contributed by atoms with Crippen LogP contribution in [0.2, 0.25) is 0 Å². The third-order valence-corrected chi connectivity index (χ3v) is 4.05. The number of hydrogen-bond acceptors (Lipinski definition) is 5. The van der Waals surface area contributed by atoms with Gasteiger partial charge in [-0.15, -0.1) is 11.3 Å². The van der Waals surface area contributed by atoms with Gasteiger partial charge in [0, 0.05) is 16.6 Å². The van der Waals surface area contributed by atoms with Crippen LogP contribution in [-0.2, 0) is 16.0 Å². The van der Waals surface area contributed by atoms with Crippen LogP contribution in [0, 0.1) is 0 Å². The Morgan fingerprint density at radius 2 is 2.14 bits per heavy atom. The minimum absolute atomic E-state index is 0.0486. The van der Waals surface area contributed by atoms with Crippen molar-refractivity contribution in [1.82, 2.24) is 10.3 Å². The largest absolute Gasteiger partial charge is 0.480 e. The van der Waals surface area contributed by atoms with Crippen LogP contribution < -0.4 is 11.1 Å². The Morgan fingerprint density at radius 1 is 1.41 bits per heavy atom. The van der Waals surface area contributed by atoms with Crippen molar-refractivity contribution in [3.05, 3.63) is 35.3 Å². The van der Waals surface area contributed by atoms with E-state index in [1.807, 2.05) is 18.2 Å². The Kier molecular flexibility index (Phi) is 5.11. The van der Waals surface area contributed by atoms with E-state index >= 15 is 0 Å². The maximum absolute atomic E-state index is 11.9. The number of benzene rings is 1. The van der Waals surface area contributed by atoms with E-state index in [2.05, 4.69) is 10.3 Å². The van der Waals surface area contributed by atoms with E-state index < -0.39 is 12.0 Å². The summed E-state index contributed by atoms with van der Waals surface area (Å²) in [6.45, 7) is 1.71. The van der Waals surface area contributed by atoms with Crippen molar-refractivity contribution in [1.29, 1.82) is 0 Å². The van der Waals surface area contributed by atoms with Gasteiger partial charge in [-0.3, -0.25) is 4.79 Å². The highest BCUT2D eigenvalue weighted by atomic mass is 32.1. The van der Waals surface area contributed by atoms with Crippen molar-refractivity contribution in [2.45, 2.75) is 25.8 Å². The Bertz CT molecular complexity index is 684. The molecule has 4 N–H and O–H groups in total. The summed E-state index contributed by atoms with van der Waals surface area (Å²) in [4.78, 5) is 27.2. The first-order valence-corrected chi connectivity index (χ1v) is 7.70. The minimum Gasteiger partial charge on any atom is -0.480 e. The highest BCUT2D eigenvalue weighted by molar-refractivity contribution is 7.13. The van der Waals surface area contributed by atoms with Crippen molar-refractivity contribution in [2.75, 3.05) is 5.73 Å². The number of nitrogens with one attached hydrogen (secondary N) is 1. The number of carbonyl (C=O) groups is 2. The summed E-state index contributed by atoms with van der Waals surface area (Å²) in [5, 5.41) is 13.9. The highest BCUT2D eigenvalue weighted by Crippen LogP contribution is 2.28. The maximum Gasteiger partial charge on any atom is 0.326 e. The quantitative estimate of drug-likeness (QED) is 0.705. The molecule has 6 nitrogen and oxygen atoms in total. The van der Waals surface area contributed by atoms with Crippen LogP contribution in [0.5, 0.6) is 0 Å². The van der Waals surface area contributed by atoms with Crippen LogP contribution in [0.15, 0.2) is 29.6 Å². The average Bonchev–Trinajstić information content (AvgIpc) is 2.93. The first-order chi connectivity index (χ1) is 10.5. The van der Waals surface area contributed by atoms with Gasteiger partial charge in [-0.25, -0.2) is 9.78 Å². The molecule has 0 aliphatic carbocycles. The Labute approximate surface area is 132 Å². The van der Waals surface area contributed by atoms with Crippen molar-refractivity contribution in [2.24, 2.45) is 0 Å². The number of nitrogens with zero attached hydrogens (tertiary/aromatic N) is 1. The fourth-order valence-corrected chi connectivity index (χ4v) is 2.82. The second kappa shape index (κ2) is 7.04. The molecule has 1 aromatic heterocycles. The van der Waals surface area contributed by atoms with Crippen LogP contribution in [0.4, 0.5) is 5.69 Å². The van der Waals surface area contributed by atoms with Gasteiger partial charge in [-0.1, -0.05) is 19.1 Å². The molecule has 0 fully saturated rings. The van der Waals surface area contributed by atoms with E-state index in [4.69, 9.17) is 10.8 Å². The third kappa shape index (κ3) is 3.82. The SMILES string of the molecule is CCC(NC(=O)Cc1csc(-c2ccccc2N)n1)C(=O)O. The zero-order chi connectivity index (χ0) is 16.1. The molecule has 1 atom stereocenters.